The minimum atomic E-state index is -0.362. The van der Waals surface area contributed by atoms with Gasteiger partial charge in [0, 0.05) is 27.1 Å². The summed E-state index contributed by atoms with van der Waals surface area (Å²) in [6.07, 6.45) is 0.601. The molecule has 4 rings (SSSR count). The Hall–Kier alpha value is -3.24. The summed E-state index contributed by atoms with van der Waals surface area (Å²) >= 11 is 14.9. The summed E-state index contributed by atoms with van der Waals surface area (Å²) in [4.78, 5) is 31.3. The van der Waals surface area contributed by atoms with Crippen LogP contribution in [0.4, 0.5) is 10.8 Å². The van der Waals surface area contributed by atoms with Gasteiger partial charge >= 0.3 is 0 Å². The number of carbonyl (C=O) groups is 2. The molecule has 1 aromatic heterocycles. The lowest BCUT2D eigenvalue weighted by Gasteiger charge is -2.14. The van der Waals surface area contributed by atoms with Crippen LogP contribution in [0.2, 0.25) is 10.0 Å². The zero-order valence-corrected chi connectivity index (χ0v) is 24.4. The largest absolute Gasteiger partial charge is 0.493 e. The van der Waals surface area contributed by atoms with Crippen molar-refractivity contribution in [2.24, 2.45) is 0 Å². The van der Waals surface area contributed by atoms with Crippen molar-refractivity contribution in [1.29, 1.82) is 0 Å². The first-order valence-electron chi connectivity index (χ1n) is 11.8. The number of amides is 2. The van der Waals surface area contributed by atoms with Crippen LogP contribution in [0.15, 0.2) is 70.9 Å². The third-order valence-electron chi connectivity index (χ3n) is 5.63. The third kappa shape index (κ3) is 7.24. The van der Waals surface area contributed by atoms with E-state index in [0.29, 0.717) is 50.0 Å². The number of hydrogen-bond acceptors (Lipinski definition) is 7. The van der Waals surface area contributed by atoms with E-state index < -0.39 is 0 Å². The van der Waals surface area contributed by atoms with Gasteiger partial charge in [-0.25, -0.2) is 4.98 Å². The van der Waals surface area contributed by atoms with Crippen LogP contribution < -0.4 is 20.1 Å². The average Bonchev–Trinajstić information content (AvgIpc) is 3.41. The molecule has 202 valence electrons. The number of carbonyl (C=O) groups excluding carboxylic acids is 2. The lowest BCUT2D eigenvalue weighted by molar-refractivity contribution is -0.115. The van der Waals surface area contributed by atoms with Crippen LogP contribution in [0.25, 0.3) is 11.3 Å². The standard InChI is InChI=1S/C28H25Cl2N3O4S2/c1-4-25(27(35)33-28-32-22(15-38-28)16-8-10-20(29)21(30)12-16)39-19-7-5-6-18(14-19)31-26(34)17-9-11-23(36-2)24(13-17)37-3/h5-15,25H,4H2,1-3H3,(H,31,34)(H,32,33,35). The van der Waals surface area contributed by atoms with Gasteiger partial charge in [0.15, 0.2) is 16.6 Å². The molecule has 0 fully saturated rings. The van der Waals surface area contributed by atoms with Crippen molar-refractivity contribution < 1.29 is 19.1 Å². The quantitative estimate of drug-likeness (QED) is 0.180. The van der Waals surface area contributed by atoms with Gasteiger partial charge in [0.05, 0.1) is 35.2 Å². The van der Waals surface area contributed by atoms with Crippen molar-refractivity contribution in [3.05, 3.63) is 81.7 Å². The monoisotopic (exact) mass is 601 g/mol. The molecule has 3 aromatic carbocycles. The van der Waals surface area contributed by atoms with Gasteiger partial charge in [-0.15, -0.1) is 23.1 Å². The number of nitrogens with one attached hydrogen (secondary N) is 2. The molecule has 0 saturated heterocycles. The average molecular weight is 603 g/mol. The summed E-state index contributed by atoms with van der Waals surface area (Å²) in [5.41, 5.74) is 2.56. The van der Waals surface area contributed by atoms with E-state index in [0.717, 1.165) is 10.5 Å². The Morgan fingerprint density at radius 1 is 0.974 bits per heavy atom. The number of thioether (sulfide) groups is 1. The number of nitrogens with zero attached hydrogens (tertiary/aromatic N) is 1. The SMILES string of the molecule is CCC(Sc1cccc(NC(=O)c2ccc(OC)c(OC)c2)c1)C(=O)Nc1nc(-c2ccc(Cl)c(Cl)c2)cs1. The van der Waals surface area contributed by atoms with Crippen molar-refractivity contribution in [3.63, 3.8) is 0 Å². The highest BCUT2D eigenvalue weighted by Gasteiger charge is 2.20. The van der Waals surface area contributed by atoms with Gasteiger partial charge in [-0.3, -0.25) is 9.59 Å². The van der Waals surface area contributed by atoms with Gasteiger partial charge < -0.3 is 20.1 Å². The van der Waals surface area contributed by atoms with E-state index in [1.54, 1.807) is 36.4 Å². The number of ether oxygens (including phenoxy) is 2. The van der Waals surface area contributed by atoms with Crippen LogP contribution in [0.1, 0.15) is 23.7 Å². The molecule has 39 heavy (non-hydrogen) atoms. The smallest absolute Gasteiger partial charge is 0.255 e. The Balaban J connectivity index is 1.40. The van der Waals surface area contributed by atoms with Crippen molar-refractivity contribution in [1.82, 2.24) is 4.98 Å². The molecule has 0 saturated carbocycles. The first-order chi connectivity index (χ1) is 18.8. The van der Waals surface area contributed by atoms with E-state index in [1.165, 1.54) is 37.3 Å². The lowest BCUT2D eigenvalue weighted by atomic mass is 10.2. The highest BCUT2D eigenvalue weighted by Crippen LogP contribution is 2.33. The summed E-state index contributed by atoms with van der Waals surface area (Å²) in [6.45, 7) is 1.95. The predicted octanol–water partition coefficient (Wildman–Crippen LogP) is 7.90. The van der Waals surface area contributed by atoms with E-state index in [9.17, 15) is 9.59 Å². The third-order valence-corrected chi connectivity index (χ3v) is 8.48. The first kappa shape index (κ1) is 28.8. The second-order valence-electron chi connectivity index (χ2n) is 8.22. The fourth-order valence-corrected chi connectivity index (χ4v) is 5.65. The summed E-state index contributed by atoms with van der Waals surface area (Å²) in [7, 11) is 3.06. The molecule has 0 aliphatic rings. The molecule has 4 aromatic rings. The van der Waals surface area contributed by atoms with Crippen LogP contribution in [0, 0.1) is 0 Å². The zero-order valence-electron chi connectivity index (χ0n) is 21.3. The fraction of sp³-hybridized carbons (Fsp3) is 0.179. The van der Waals surface area contributed by atoms with Gasteiger partial charge in [-0.05, 0) is 55.0 Å². The highest BCUT2D eigenvalue weighted by atomic mass is 35.5. The minimum absolute atomic E-state index is 0.155. The van der Waals surface area contributed by atoms with Crippen LogP contribution in [0.5, 0.6) is 11.5 Å². The second-order valence-corrected chi connectivity index (χ2v) is 11.2. The summed E-state index contributed by atoms with van der Waals surface area (Å²) in [6, 6.07) is 17.6. The fourth-order valence-electron chi connectivity index (χ4n) is 3.62. The molecular weight excluding hydrogens is 577 g/mol. The van der Waals surface area contributed by atoms with E-state index in [1.807, 2.05) is 36.6 Å². The topological polar surface area (TPSA) is 89.5 Å². The van der Waals surface area contributed by atoms with Gasteiger partial charge in [0.2, 0.25) is 5.91 Å². The van der Waals surface area contributed by atoms with Crippen LogP contribution in [-0.4, -0.2) is 36.3 Å². The molecule has 1 heterocycles. The molecule has 0 spiro atoms. The first-order valence-corrected chi connectivity index (χ1v) is 14.3. The number of methoxy groups -OCH3 is 2. The normalized spacial score (nSPS) is 11.5. The van der Waals surface area contributed by atoms with Crippen LogP contribution in [-0.2, 0) is 4.79 Å². The predicted molar refractivity (Wildman–Crippen MR) is 160 cm³/mol. The molecule has 1 unspecified atom stereocenters. The van der Waals surface area contributed by atoms with E-state index in [4.69, 9.17) is 32.7 Å². The Kier molecular flexibility index (Phi) is 9.74. The number of anilines is 2. The van der Waals surface area contributed by atoms with Gasteiger partial charge in [-0.1, -0.05) is 42.3 Å². The number of benzene rings is 3. The van der Waals surface area contributed by atoms with Crippen molar-refractivity contribution in [2.45, 2.75) is 23.5 Å². The minimum Gasteiger partial charge on any atom is -0.493 e. The summed E-state index contributed by atoms with van der Waals surface area (Å²) in [5.74, 6) is 0.567. The molecule has 2 amide bonds. The maximum atomic E-state index is 13.1. The zero-order chi connectivity index (χ0) is 27.9. The molecule has 0 radical (unpaired) electrons. The molecule has 7 nitrogen and oxygen atoms in total. The van der Waals surface area contributed by atoms with E-state index >= 15 is 0 Å². The molecule has 0 bridgehead atoms. The highest BCUT2D eigenvalue weighted by molar-refractivity contribution is 8.00. The van der Waals surface area contributed by atoms with Crippen LogP contribution in [0.3, 0.4) is 0 Å². The summed E-state index contributed by atoms with van der Waals surface area (Å²) < 4.78 is 10.5. The van der Waals surface area contributed by atoms with Gasteiger partial charge in [0.1, 0.15) is 0 Å². The Morgan fingerprint density at radius 2 is 1.77 bits per heavy atom. The molecular formula is C28H25Cl2N3O4S2. The Labute approximate surface area is 244 Å². The second kappa shape index (κ2) is 13.2. The Morgan fingerprint density at radius 3 is 2.49 bits per heavy atom. The number of thiazole rings is 1. The van der Waals surface area contributed by atoms with Crippen molar-refractivity contribution in [3.8, 4) is 22.8 Å². The van der Waals surface area contributed by atoms with Crippen molar-refractivity contribution >= 4 is 68.9 Å². The van der Waals surface area contributed by atoms with Crippen LogP contribution >= 0.6 is 46.3 Å². The van der Waals surface area contributed by atoms with E-state index in [-0.39, 0.29) is 17.1 Å². The van der Waals surface area contributed by atoms with E-state index in [2.05, 4.69) is 15.6 Å². The number of rotatable bonds is 10. The molecule has 0 aliphatic heterocycles. The summed E-state index contributed by atoms with van der Waals surface area (Å²) in [5, 5.41) is 8.71. The molecule has 1 atom stereocenters. The van der Waals surface area contributed by atoms with Gasteiger partial charge in [0.25, 0.3) is 5.91 Å². The molecule has 11 heteroatoms. The maximum Gasteiger partial charge on any atom is 0.255 e. The molecule has 0 aliphatic carbocycles. The number of hydrogen-bond donors (Lipinski definition) is 2. The number of aromatic nitrogens is 1. The maximum absolute atomic E-state index is 13.1. The van der Waals surface area contributed by atoms with Crippen molar-refractivity contribution in [2.75, 3.05) is 24.9 Å². The lowest BCUT2D eigenvalue weighted by Crippen LogP contribution is -2.24. The van der Waals surface area contributed by atoms with Gasteiger partial charge in [-0.2, -0.15) is 0 Å². The molecule has 2 N–H and O–H groups in total. The Bertz CT molecular complexity index is 1500. The number of halogens is 2.